The highest BCUT2D eigenvalue weighted by atomic mass is 35.5. The molecule has 0 saturated carbocycles. The SMILES string of the molecule is CCCCCCCCCCCC[NH+](C)C(CCCCCCCC)CCCCCCCC.[Cl-]. The lowest BCUT2D eigenvalue weighted by molar-refractivity contribution is -0.907. The molecule has 1 unspecified atom stereocenters. The van der Waals surface area contributed by atoms with Crippen LogP contribution in [0.3, 0.4) is 0 Å². The Bertz CT molecular complexity index is 304. The second-order valence-electron chi connectivity index (χ2n) is 10.6. The van der Waals surface area contributed by atoms with Gasteiger partial charge in [-0.1, -0.05) is 136 Å². The zero-order valence-electron chi connectivity index (χ0n) is 23.1. The van der Waals surface area contributed by atoms with Gasteiger partial charge in [-0.2, -0.15) is 0 Å². The lowest BCUT2D eigenvalue weighted by Gasteiger charge is -2.25. The Morgan fingerprint density at radius 1 is 0.406 bits per heavy atom. The van der Waals surface area contributed by atoms with Gasteiger partial charge in [0.1, 0.15) is 0 Å². The molecule has 0 radical (unpaired) electrons. The van der Waals surface area contributed by atoms with Crippen LogP contribution in [0.5, 0.6) is 0 Å². The average Bonchev–Trinajstić information content (AvgIpc) is 2.78. The minimum absolute atomic E-state index is 0. The smallest absolute Gasteiger partial charge is 0.0872 e. The van der Waals surface area contributed by atoms with Crippen molar-refractivity contribution in [2.24, 2.45) is 0 Å². The topological polar surface area (TPSA) is 4.44 Å². The summed E-state index contributed by atoms with van der Waals surface area (Å²) in [4.78, 5) is 1.85. The lowest BCUT2D eigenvalue weighted by Crippen LogP contribution is -3.13. The maximum atomic E-state index is 2.51. The molecule has 1 atom stereocenters. The van der Waals surface area contributed by atoms with Crippen LogP contribution in [-0.2, 0) is 0 Å². The van der Waals surface area contributed by atoms with Gasteiger partial charge in [-0.15, -0.1) is 0 Å². The quantitative estimate of drug-likeness (QED) is 0.141. The van der Waals surface area contributed by atoms with Crippen LogP contribution in [0, 0.1) is 0 Å². The summed E-state index contributed by atoms with van der Waals surface area (Å²) >= 11 is 0. The Morgan fingerprint density at radius 3 is 1.03 bits per heavy atom. The minimum atomic E-state index is 0. The molecule has 0 spiro atoms. The fourth-order valence-electron chi connectivity index (χ4n) is 5.07. The van der Waals surface area contributed by atoms with E-state index in [9.17, 15) is 0 Å². The molecule has 1 N–H and O–H groups in total. The minimum Gasteiger partial charge on any atom is -1.00 e. The standard InChI is InChI=1S/C30H63N.ClH/c1-5-8-11-14-17-18-19-20-23-26-29-31(4)30(27-24-21-15-12-9-6-2)28-25-22-16-13-10-7-3;/h30H,5-29H2,1-4H3;1H. The molecule has 196 valence electrons. The third-order valence-electron chi connectivity index (χ3n) is 7.43. The summed E-state index contributed by atoms with van der Waals surface area (Å²) in [6, 6.07) is 0.927. The average molecular weight is 474 g/mol. The van der Waals surface area contributed by atoms with E-state index in [0.29, 0.717) is 0 Å². The zero-order valence-corrected chi connectivity index (χ0v) is 23.9. The first kappa shape index (κ1) is 34.4. The van der Waals surface area contributed by atoms with Crippen LogP contribution in [0.25, 0.3) is 0 Å². The first-order valence-electron chi connectivity index (χ1n) is 15.1. The van der Waals surface area contributed by atoms with Gasteiger partial charge >= 0.3 is 0 Å². The van der Waals surface area contributed by atoms with Crippen molar-refractivity contribution in [3.8, 4) is 0 Å². The predicted molar refractivity (Wildman–Crippen MR) is 143 cm³/mol. The van der Waals surface area contributed by atoms with Gasteiger partial charge in [0.25, 0.3) is 0 Å². The van der Waals surface area contributed by atoms with E-state index in [0.717, 1.165) is 6.04 Å². The summed E-state index contributed by atoms with van der Waals surface area (Å²) < 4.78 is 0. The monoisotopic (exact) mass is 473 g/mol. The number of unbranched alkanes of at least 4 members (excludes halogenated alkanes) is 19. The van der Waals surface area contributed by atoms with Gasteiger partial charge in [0.2, 0.25) is 0 Å². The van der Waals surface area contributed by atoms with Crippen LogP contribution in [-0.4, -0.2) is 19.6 Å². The molecule has 0 aliphatic heterocycles. The van der Waals surface area contributed by atoms with Crippen molar-refractivity contribution in [3.63, 3.8) is 0 Å². The molecule has 0 rings (SSSR count). The molecule has 0 aliphatic carbocycles. The second kappa shape index (κ2) is 29.3. The summed E-state index contributed by atoms with van der Waals surface area (Å²) in [6.07, 6.45) is 34.9. The van der Waals surface area contributed by atoms with Crippen LogP contribution < -0.4 is 17.3 Å². The summed E-state index contributed by atoms with van der Waals surface area (Å²) in [5.41, 5.74) is 0. The van der Waals surface area contributed by atoms with Crippen LogP contribution in [0.15, 0.2) is 0 Å². The van der Waals surface area contributed by atoms with Crippen LogP contribution in [0.4, 0.5) is 0 Å². The number of rotatable bonds is 26. The Hall–Kier alpha value is 0.250. The second-order valence-corrected chi connectivity index (χ2v) is 10.6. The maximum absolute atomic E-state index is 2.51. The fourth-order valence-corrected chi connectivity index (χ4v) is 5.07. The Morgan fingerprint density at radius 2 is 0.688 bits per heavy atom. The highest BCUT2D eigenvalue weighted by Crippen LogP contribution is 2.14. The summed E-state index contributed by atoms with van der Waals surface area (Å²) in [6.45, 7) is 8.36. The van der Waals surface area contributed by atoms with Gasteiger partial charge in [0.15, 0.2) is 0 Å². The summed E-state index contributed by atoms with van der Waals surface area (Å²) in [5.74, 6) is 0. The predicted octanol–water partition coefficient (Wildman–Crippen LogP) is 6.30. The highest BCUT2D eigenvalue weighted by Gasteiger charge is 2.17. The van der Waals surface area contributed by atoms with Gasteiger partial charge in [-0.05, 0) is 38.5 Å². The van der Waals surface area contributed by atoms with Gasteiger partial charge in [0, 0.05) is 0 Å². The van der Waals surface area contributed by atoms with Crippen LogP contribution in [0.1, 0.15) is 175 Å². The van der Waals surface area contributed by atoms with E-state index in [1.165, 1.54) is 161 Å². The van der Waals surface area contributed by atoms with E-state index in [-0.39, 0.29) is 12.4 Å². The van der Waals surface area contributed by atoms with E-state index in [1.54, 1.807) is 0 Å². The molecule has 0 heterocycles. The van der Waals surface area contributed by atoms with Gasteiger partial charge < -0.3 is 17.3 Å². The molecule has 32 heavy (non-hydrogen) atoms. The molecule has 0 aromatic heterocycles. The van der Waals surface area contributed by atoms with E-state index in [4.69, 9.17) is 0 Å². The molecular formula is C30H64ClN. The Labute approximate surface area is 211 Å². The maximum Gasteiger partial charge on any atom is 0.0872 e. The van der Waals surface area contributed by atoms with Crippen LogP contribution in [0.2, 0.25) is 0 Å². The first-order chi connectivity index (χ1) is 15.3. The van der Waals surface area contributed by atoms with Gasteiger partial charge in [0.05, 0.1) is 19.6 Å². The largest absolute Gasteiger partial charge is 1.00 e. The van der Waals surface area contributed by atoms with Gasteiger partial charge in [-0.25, -0.2) is 0 Å². The highest BCUT2D eigenvalue weighted by molar-refractivity contribution is 4.59. The van der Waals surface area contributed by atoms with Crippen LogP contribution >= 0.6 is 0 Å². The van der Waals surface area contributed by atoms with Crippen molar-refractivity contribution < 1.29 is 17.3 Å². The number of quaternary nitrogens is 1. The summed E-state index contributed by atoms with van der Waals surface area (Å²) in [7, 11) is 2.51. The van der Waals surface area contributed by atoms with E-state index in [1.807, 2.05) is 4.90 Å². The lowest BCUT2D eigenvalue weighted by atomic mass is 9.98. The number of halogens is 1. The molecule has 0 bridgehead atoms. The molecule has 1 nitrogen and oxygen atoms in total. The number of nitrogens with one attached hydrogen (secondary N) is 1. The van der Waals surface area contributed by atoms with Gasteiger partial charge in [-0.3, -0.25) is 0 Å². The molecule has 2 heteroatoms. The van der Waals surface area contributed by atoms with Crippen molar-refractivity contribution in [2.45, 2.75) is 181 Å². The Kier molecular flexibility index (Phi) is 31.5. The molecule has 0 amide bonds. The van der Waals surface area contributed by atoms with Crippen molar-refractivity contribution >= 4 is 0 Å². The molecule has 0 fully saturated rings. The van der Waals surface area contributed by atoms with Crippen molar-refractivity contribution in [1.29, 1.82) is 0 Å². The third-order valence-corrected chi connectivity index (χ3v) is 7.43. The van der Waals surface area contributed by atoms with E-state index in [2.05, 4.69) is 27.8 Å². The number of hydrogen-bond donors (Lipinski definition) is 1. The molecular weight excluding hydrogens is 410 g/mol. The van der Waals surface area contributed by atoms with E-state index < -0.39 is 0 Å². The third kappa shape index (κ3) is 24.9. The number of hydrogen-bond acceptors (Lipinski definition) is 0. The molecule has 0 saturated heterocycles. The molecule has 0 aromatic rings. The molecule has 0 aliphatic rings. The fraction of sp³-hybridized carbons (Fsp3) is 1.00. The van der Waals surface area contributed by atoms with E-state index >= 15 is 0 Å². The molecule has 0 aromatic carbocycles. The normalized spacial score (nSPS) is 12.3. The van der Waals surface area contributed by atoms with Crippen molar-refractivity contribution in [1.82, 2.24) is 0 Å². The van der Waals surface area contributed by atoms with Crippen molar-refractivity contribution in [2.75, 3.05) is 13.6 Å². The van der Waals surface area contributed by atoms with Crippen molar-refractivity contribution in [3.05, 3.63) is 0 Å². The summed E-state index contributed by atoms with van der Waals surface area (Å²) in [5, 5.41) is 0. The zero-order chi connectivity index (χ0) is 22.8. The first-order valence-corrected chi connectivity index (χ1v) is 15.1. The Balaban J connectivity index is 0.